The largest absolute Gasteiger partial charge is 0.353 e. The summed E-state index contributed by atoms with van der Waals surface area (Å²) in [6, 6.07) is 11.5. The van der Waals surface area contributed by atoms with Crippen molar-refractivity contribution in [2.24, 2.45) is 0 Å². The van der Waals surface area contributed by atoms with Crippen molar-refractivity contribution >= 4 is 56.4 Å². The fourth-order valence-electron chi connectivity index (χ4n) is 4.06. The van der Waals surface area contributed by atoms with E-state index in [1.165, 1.54) is 11.3 Å². The lowest BCUT2D eigenvalue weighted by molar-refractivity contribution is 0.103. The Hall–Kier alpha value is -3.23. The van der Waals surface area contributed by atoms with Gasteiger partial charge in [0.05, 0.1) is 10.3 Å². The standard InChI is InChI=1S/C24H23ClN6OS/c1-15-6-7-17(13-18(15)25)29-23(32)21-16(2)20-22(27-14-28-24(20)33-21)31-11-9-30(10-12-31)19-5-3-4-8-26-19/h3-8,13-14H,9-12H2,1-2H3,(H,29,32). The third kappa shape index (κ3) is 4.24. The number of thiophene rings is 1. The molecule has 0 atom stereocenters. The Morgan fingerprint density at radius 2 is 1.82 bits per heavy atom. The first-order valence-electron chi connectivity index (χ1n) is 10.7. The number of nitrogens with one attached hydrogen (secondary N) is 1. The number of hydrogen-bond donors (Lipinski definition) is 1. The van der Waals surface area contributed by atoms with Crippen LogP contribution in [0.4, 0.5) is 17.3 Å². The second kappa shape index (κ2) is 8.96. The lowest BCUT2D eigenvalue weighted by Gasteiger charge is -2.36. The maximum Gasteiger partial charge on any atom is 0.266 e. The lowest BCUT2D eigenvalue weighted by Crippen LogP contribution is -2.47. The molecule has 3 aromatic heterocycles. The molecule has 1 saturated heterocycles. The molecule has 33 heavy (non-hydrogen) atoms. The summed E-state index contributed by atoms with van der Waals surface area (Å²) in [7, 11) is 0. The third-order valence-corrected chi connectivity index (χ3v) is 7.50. The van der Waals surface area contributed by atoms with Gasteiger partial charge in [-0.2, -0.15) is 0 Å². The van der Waals surface area contributed by atoms with Gasteiger partial charge in [0.25, 0.3) is 5.91 Å². The Bertz CT molecular complexity index is 1320. The number of nitrogens with zero attached hydrogens (tertiary/aromatic N) is 5. The van der Waals surface area contributed by atoms with E-state index >= 15 is 0 Å². The Morgan fingerprint density at radius 1 is 1.03 bits per heavy atom. The van der Waals surface area contributed by atoms with Gasteiger partial charge in [0.2, 0.25) is 0 Å². The van der Waals surface area contributed by atoms with Crippen molar-refractivity contribution in [3.05, 3.63) is 69.9 Å². The molecule has 0 bridgehead atoms. The highest BCUT2D eigenvalue weighted by atomic mass is 35.5. The summed E-state index contributed by atoms with van der Waals surface area (Å²) in [6.07, 6.45) is 3.40. The van der Waals surface area contributed by atoms with Crippen LogP contribution in [0.1, 0.15) is 20.8 Å². The van der Waals surface area contributed by atoms with Crippen molar-refractivity contribution in [2.45, 2.75) is 13.8 Å². The predicted octanol–water partition coefficient (Wildman–Crippen LogP) is 4.94. The molecule has 0 aliphatic carbocycles. The number of pyridine rings is 1. The first-order chi connectivity index (χ1) is 16.0. The van der Waals surface area contributed by atoms with Crippen LogP contribution in [-0.4, -0.2) is 47.0 Å². The molecule has 168 valence electrons. The molecule has 1 aromatic carbocycles. The highest BCUT2D eigenvalue weighted by molar-refractivity contribution is 7.20. The SMILES string of the molecule is Cc1ccc(NC(=O)c2sc3ncnc(N4CCN(c5ccccn5)CC4)c3c2C)cc1Cl. The number of hydrogen-bond acceptors (Lipinski definition) is 7. The molecular weight excluding hydrogens is 456 g/mol. The van der Waals surface area contributed by atoms with Crippen molar-refractivity contribution in [2.75, 3.05) is 41.3 Å². The quantitative estimate of drug-likeness (QED) is 0.448. The van der Waals surface area contributed by atoms with Crippen LogP contribution in [-0.2, 0) is 0 Å². The number of piperazine rings is 1. The molecule has 0 unspecified atom stereocenters. The fraction of sp³-hybridized carbons (Fsp3) is 0.250. The fourth-order valence-corrected chi connectivity index (χ4v) is 5.28. The molecule has 9 heteroatoms. The second-order valence-corrected chi connectivity index (χ2v) is 9.42. The number of fused-ring (bicyclic) bond motifs is 1. The van der Waals surface area contributed by atoms with Gasteiger partial charge in [-0.1, -0.05) is 23.7 Å². The van der Waals surface area contributed by atoms with Crippen molar-refractivity contribution in [3.8, 4) is 0 Å². The topological polar surface area (TPSA) is 74.2 Å². The number of halogens is 1. The van der Waals surface area contributed by atoms with Crippen molar-refractivity contribution in [1.82, 2.24) is 15.0 Å². The van der Waals surface area contributed by atoms with Crippen LogP contribution in [0.25, 0.3) is 10.2 Å². The van der Waals surface area contributed by atoms with Gasteiger partial charge in [-0.3, -0.25) is 4.79 Å². The number of carbonyl (C=O) groups is 1. The van der Waals surface area contributed by atoms with Crippen molar-refractivity contribution < 1.29 is 4.79 Å². The smallest absolute Gasteiger partial charge is 0.266 e. The number of carbonyl (C=O) groups excluding carboxylic acids is 1. The monoisotopic (exact) mass is 478 g/mol. The molecule has 4 heterocycles. The summed E-state index contributed by atoms with van der Waals surface area (Å²) in [5.74, 6) is 1.71. The summed E-state index contributed by atoms with van der Waals surface area (Å²) in [5, 5.41) is 4.53. The molecule has 1 aliphatic rings. The molecule has 1 aliphatic heterocycles. The van der Waals surface area contributed by atoms with Crippen LogP contribution in [0, 0.1) is 13.8 Å². The van der Waals surface area contributed by atoms with Crippen LogP contribution >= 0.6 is 22.9 Å². The number of rotatable bonds is 4. The first-order valence-corrected chi connectivity index (χ1v) is 11.9. The van der Waals surface area contributed by atoms with E-state index in [0.29, 0.717) is 15.6 Å². The minimum atomic E-state index is -0.165. The zero-order valence-corrected chi connectivity index (χ0v) is 20.0. The van der Waals surface area contributed by atoms with Crippen LogP contribution in [0.2, 0.25) is 5.02 Å². The molecule has 0 spiro atoms. The maximum absolute atomic E-state index is 13.1. The third-order valence-electron chi connectivity index (χ3n) is 5.90. The van der Waals surface area contributed by atoms with Crippen LogP contribution in [0.15, 0.2) is 48.9 Å². The number of aryl methyl sites for hydroxylation is 2. The summed E-state index contributed by atoms with van der Waals surface area (Å²) in [4.78, 5) is 32.6. The molecule has 7 nitrogen and oxygen atoms in total. The predicted molar refractivity (Wildman–Crippen MR) is 135 cm³/mol. The van der Waals surface area contributed by atoms with Gasteiger partial charge in [-0.25, -0.2) is 15.0 Å². The molecule has 5 rings (SSSR count). The first kappa shape index (κ1) is 21.6. The average molecular weight is 479 g/mol. The van der Waals surface area contributed by atoms with Crippen LogP contribution in [0.3, 0.4) is 0 Å². The Kier molecular flexibility index (Phi) is 5.86. The van der Waals surface area contributed by atoms with E-state index in [-0.39, 0.29) is 5.91 Å². The van der Waals surface area contributed by atoms with E-state index in [2.05, 4.69) is 30.1 Å². The van der Waals surface area contributed by atoms with Gasteiger partial charge in [0.15, 0.2) is 0 Å². The van der Waals surface area contributed by atoms with E-state index in [1.807, 2.05) is 50.4 Å². The molecule has 0 radical (unpaired) electrons. The Labute approximate surface area is 201 Å². The summed E-state index contributed by atoms with van der Waals surface area (Å²) in [6.45, 7) is 7.25. The molecule has 1 fully saturated rings. The number of benzene rings is 1. The second-order valence-electron chi connectivity index (χ2n) is 8.01. The zero-order valence-electron chi connectivity index (χ0n) is 18.4. The van der Waals surface area contributed by atoms with E-state index in [1.54, 1.807) is 12.4 Å². The van der Waals surface area contributed by atoms with Gasteiger partial charge in [0.1, 0.15) is 22.8 Å². The number of aromatic nitrogens is 3. The minimum Gasteiger partial charge on any atom is -0.353 e. The van der Waals surface area contributed by atoms with Gasteiger partial charge in [-0.05, 0) is 49.2 Å². The average Bonchev–Trinajstić information content (AvgIpc) is 3.19. The van der Waals surface area contributed by atoms with Gasteiger partial charge >= 0.3 is 0 Å². The van der Waals surface area contributed by atoms with Crippen LogP contribution in [0.5, 0.6) is 0 Å². The molecule has 4 aromatic rings. The van der Waals surface area contributed by atoms with E-state index in [0.717, 1.165) is 59.2 Å². The zero-order chi connectivity index (χ0) is 22.9. The van der Waals surface area contributed by atoms with Gasteiger partial charge in [-0.15, -0.1) is 11.3 Å². The van der Waals surface area contributed by atoms with Crippen molar-refractivity contribution in [1.29, 1.82) is 0 Å². The van der Waals surface area contributed by atoms with Crippen molar-refractivity contribution in [3.63, 3.8) is 0 Å². The van der Waals surface area contributed by atoms with Crippen LogP contribution < -0.4 is 15.1 Å². The Morgan fingerprint density at radius 3 is 2.55 bits per heavy atom. The summed E-state index contributed by atoms with van der Waals surface area (Å²) >= 11 is 7.61. The highest BCUT2D eigenvalue weighted by Gasteiger charge is 2.25. The number of amides is 1. The van der Waals surface area contributed by atoms with E-state index < -0.39 is 0 Å². The Balaban J connectivity index is 1.39. The normalized spacial score (nSPS) is 14.0. The van der Waals surface area contributed by atoms with Gasteiger partial charge < -0.3 is 15.1 Å². The molecule has 1 amide bonds. The lowest BCUT2D eigenvalue weighted by atomic mass is 10.1. The summed E-state index contributed by atoms with van der Waals surface area (Å²) < 4.78 is 0. The molecule has 0 saturated carbocycles. The van der Waals surface area contributed by atoms with E-state index in [9.17, 15) is 4.79 Å². The number of anilines is 3. The summed E-state index contributed by atoms with van der Waals surface area (Å²) in [5.41, 5.74) is 2.54. The van der Waals surface area contributed by atoms with Gasteiger partial charge in [0, 0.05) is 43.1 Å². The van der Waals surface area contributed by atoms with E-state index in [4.69, 9.17) is 11.6 Å². The maximum atomic E-state index is 13.1. The highest BCUT2D eigenvalue weighted by Crippen LogP contribution is 2.36. The molecule has 1 N–H and O–H groups in total. The minimum absolute atomic E-state index is 0.165. The molecular formula is C24H23ClN6OS.